The molecule has 10 aromatic rings. The molecule has 0 saturated carbocycles. The van der Waals surface area contributed by atoms with Crippen LogP contribution in [-0.2, 0) is 0 Å². The lowest BCUT2D eigenvalue weighted by Crippen LogP contribution is -2.10. The van der Waals surface area contributed by atoms with E-state index in [1.54, 1.807) is 0 Å². The van der Waals surface area contributed by atoms with E-state index in [1.807, 2.05) is 0 Å². The second-order valence-corrected chi connectivity index (χ2v) is 13.5. The molecule has 0 aliphatic rings. The molecule has 2 heterocycles. The predicted octanol–water partition coefficient (Wildman–Crippen LogP) is 13.5. The van der Waals surface area contributed by atoms with E-state index in [2.05, 4.69) is 226 Å². The van der Waals surface area contributed by atoms with Crippen LogP contribution in [0.3, 0.4) is 0 Å². The summed E-state index contributed by atoms with van der Waals surface area (Å²) in [6.45, 7) is 0. The van der Waals surface area contributed by atoms with Gasteiger partial charge in [-0.2, -0.15) is 0 Å². The van der Waals surface area contributed by atoms with E-state index >= 15 is 0 Å². The molecule has 0 aliphatic heterocycles. The van der Waals surface area contributed by atoms with Crippen molar-refractivity contribution in [2.75, 3.05) is 4.90 Å². The maximum atomic E-state index is 2.41. The zero-order valence-corrected chi connectivity index (χ0v) is 29.0. The maximum absolute atomic E-state index is 2.41. The van der Waals surface area contributed by atoms with Gasteiger partial charge in [0, 0.05) is 50.8 Å². The second kappa shape index (κ2) is 12.9. The number of para-hydroxylation sites is 2. The highest BCUT2D eigenvalue weighted by Gasteiger charge is 2.19. The Bertz CT molecular complexity index is 2750. The van der Waals surface area contributed by atoms with Crippen LogP contribution < -0.4 is 4.90 Å². The average Bonchev–Trinajstić information content (AvgIpc) is 3.80. The molecular formula is C50H35N3. The number of aromatic nitrogens is 2. The summed E-state index contributed by atoms with van der Waals surface area (Å²) in [6.07, 6.45) is 2.18. The fraction of sp³-hybridized carbons (Fsp3) is 0. The zero-order valence-electron chi connectivity index (χ0n) is 29.0. The van der Waals surface area contributed by atoms with Gasteiger partial charge >= 0.3 is 0 Å². The summed E-state index contributed by atoms with van der Waals surface area (Å²) < 4.78 is 4.69. The normalized spacial score (nSPS) is 11.4. The van der Waals surface area contributed by atoms with Gasteiger partial charge in [-0.1, -0.05) is 121 Å². The Morgan fingerprint density at radius 3 is 1.36 bits per heavy atom. The number of anilines is 3. The van der Waals surface area contributed by atoms with Crippen LogP contribution in [0.1, 0.15) is 0 Å². The predicted molar refractivity (Wildman–Crippen MR) is 223 cm³/mol. The summed E-state index contributed by atoms with van der Waals surface area (Å²) in [5.74, 6) is 0. The van der Waals surface area contributed by atoms with E-state index in [0.29, 0.717) is 0 Å². The lowest BCUT2D eigenvalue weighted by molar-refractivity contribution is 1.12. The van der Waals surface area contributed by atoms with Crippen LogP contribution in [0.25, 0.3) is 66.3 Å². The van der Waals surface area contributed by atoms with Gasteiger partial charge in [-0.15, -0.1) is 0 Å². The molecule has 0 radical (unpaired) electrons. The molecule has 3 nitrogen and oxygen atoms in total. The lowest BCUT2D eigenvalue weighted by atomic mass is 10.0. The Kier molecular flexibility index (Phi) is 7.47. The maximum Gasteiger partial charge on any atom is 0.0562 e. The first-order chi connectivity index (χ1) is 26.3. The number of hydrogen-bond acceptors (Lipinski definition) is 1. The standard InChI is InChI=1S/C50H35N3/c1-5-13-36(14-6-1)38-21-25-43(26-22-38)52(44-27-23-39(24-28-44)37-15-7-2-8-16-37)45-29-30-48-47(34-45)46-33-40-31-32-51(41-17-9-3-10-18-41)49(40)35-50(46)53(48)42-19-11-4-12-20-42/h1-35H. The van der Waals surface area contributed by atoms with Crippen molar-refractivity contribution in [3.63, 3.8) is 0 Å². The van der Waals surface area contributed by atoms with E-state index in [1.165, 1.54) is 55.0 Å². The molecular weight excluding hydrogens is 643 g/mol. The van der Waals surface area contributed by atoms with Gasteiger partial charge in [0.05, 0.1) is 16.6 Å². The molecule has 53 heavy (non-hydrogen) atoms. The third-order valence-electron chi connectivity index (χ3n) is 10.3. The molecule has 0 aliphatic carbocycles. The minimum Gasteiger partial charge on any atom is -0.316 e. The molecule has 0 fully saturated rings. The molecule has 0 atom stereocenters. The van der Waals surface area contributed by atoms with Gasteiger partial charge in [0.1, 0.15) is 0 Å². The van der Waals surface area contributed by atoms with Gasteiger partial charge in [0.2, 0.25) is 0 Å². The third kappa shape index (κ3) is 5.47. The number of benzene rings is 8. The van der Waals surface area contributed by atoms with Gasteiger partial charge in [-0.3, -0.25) is 0 Å². The van der Waals surface area contributed by atoms with Crippen molar-refractivity contribution >= 4 is 49.8 Å². The first-order valence-corrected chi connectivity index (χ1v) is 18.1. The second-order valence-electron chi connectivity index (χ2n) is 13.5. The Labute approximate surface area is 308 Å². The van der Waals surface area contributed by atoms with Crippen LogP contribution in [-0.4, -0.2) is 9.13 Å². The molecule has 2 aromatic heterocycles. The van der Waals surface area contributed by atoms with Crippen LogP contribution in [0.2, 0.25) is 0 Å². The van der Waals surface area contributed by atoms with Crippen molar-refractivity contribution in [2.24, 2.45) is 0 Å². The van der Waals surface area contributed by atoms with Crippen molar-refractivity contribution in [3.05, 3.63) is 212 Å². The van der Waals surface area contributed by atoms with Crippen molar-refractivity contribution in [1.29, 1.82) is 0 Å². The van der Waals surface area contributed by atoms with Crippen LogP contribution in [0, 0.1) is 0 Å². The number of nitrogens with zero attached hydrogens (tertiary/aromatic N) is 3. The van der Waals surface area contributed by atoms with Crippen LogP contribution in [0.5, 0.6) is 0 Å². The van der Waals surface area contributed by atoms with Gasteiger partial charge in [0.15, 0.2) is 0 Å². The van der Waals surface area contributed by atoms with Gasteiger partial charge in [-0.05, 0) is 107 Å². The summed E-state index contributed by atoms with van der Waals surface area (Å²) in [5, 5.41) is 3.65. The Hall–Kier alpha value is -7.10. The Balaban J connectivity index is 1.17. The summed E-state index contributed by atoms with van der Waals surface area (Å²) in [7, 11) is 0. The quantitative estimate of drug-likeness (QED) is 0.164. The molecule has 8 aromatic carbocycles. The van der Waals surface area contributed by atoms with Crippen molar-refractivity contribution in [2.45, 2.75) is 0 Å². The topological polar surface area (TPSA) is 13.1 Å². The fourth-order valence-corrected chi connectivity index (χ4v) is 7.76. The zero-order chi connectivity index (χ0) is 35.1. The molecule has 0 spiro atoms. The van der Waals surface area contributed by atoms with Crippen LogP contribution >= 0.6 is 0 Å². The minimum absolute atomic E-state index is 1.10. The van der Waals surface area contributed by atoms with E-state index in [0.717, 1.165) is 28.4 Å². The first kappa shape index (κ1) is 30.7. The lowest BCUT2D eigenvalue weighted by Gasteiger charge is -2.26. The highest BCUT2D eigenvalue weighted by atomic mass is 15.1. The number of fused-ring (bicyclic) bond motifs is 4. The van der Waals surface area contributed by atoms with Crippen molar-refractivity contribution < 1.29 is 0 Å². The van der Waals surface area contributed by atoms with E-state index < -0.39 is 0 Å². The summed E-state index contributed by atoms with van der Waals surface area (Å²) in [5.41, 5.74) is 13.9. The minimum atomic E-state index is 1.10. The van der Waals surface area contributed by atoms with Gasteiger partial charge in [0.25, 0.3) is 0 Å². The molecule has 0 unspecified atom stereocenters. The highest BCUT2D eigenvalue weighted by Crippen LogP contribution is 2.42. The molecule has 250 valence electrons. The molecule has 0 N–H and O–H groups in total. The first-order valence-electron chi connectivity index (χ1n) is 18.1. The SMILES string of the molecule is c1ccc(-c2ccc(N(c3ccc(-c4ccccc4)cc3)c3ccc4c(c3)c3cc5ccn(-c6ccccc6)c5cc3n4-c3ccccc3)cc2)cc1. The summed E-state index contributed by atoms with van der Waals surface area (Å²) >= 11 is 0. The van der Waals surface area contributed by atoms with E-state index in [4.69, 9.17) is 0 Å². The molecule has 0 saturated heterocycles. The van der Waals surface area contributed by atoms with Crippen molar-refractivity contribution in [1.82, 2.24) is 9.13 Å². The average molecular weight is 678 g/mol. The molecule has 10 rings (SSSR count). The monoisotopic (exact) mass is 677 g/mol. The van der Waals surface area contributed by atoms with E-state index in [9.17, 15) is 0 Å². The van der Waals surface area contributed by atoms with Gasteiger partial charge in [-0.25, -0.2) is 0 Å². The third-order valence-corrected chi connectivity index (χ3v) is 10.3. The molecule has 0 amide bonds. The number of hydrogen-bond donors (Lipinski definition) is 0. The van der Waals surface area contributed by atoms with E-state index in [-0.39, 0.29) is 0 Å². The Morgan fingerprint density at radius 2 is 0.792 bits per heavy atom. The van der Waals surface area contributed by atoms with Crippen LogP contribution in [0.15, 0.2) is 212 Å². The van der Waals surface area contributed by atoms with Gasteiger partial charge < -0.3 is 14.0 Å². The Morgan fingerprint density at radius 1 is 0.321 bits per heavy atom. The smallest absolute Gasteiger partial charge is 0.0562 e. The van der Waals surface area contributed by atoms with Crippen LogP contribution in [0.4, 0.5) is 17.1 Å². The molecule has 3 heteroatoms. The largest absolute Gasteiger partial charge is 0.316 e. The van der Waals surface area contributed by atoms with Crippen molar-refractivity contribution in [3.8, 4) is 33.6 Å². The molecule has 0 bridgehead atoms. The summed E-state index contributed by atoms with van der Waals surface area (Å²) in [6, 6.07) is 74.2. The fourth-order valence-electron chi connectivity index (χ4n) is 7.76. The summed E-state index contributed by atoms with van der Waals surface area (Å²) in [4.78, 5) is 2.37. The number of rotatable bonds is 7. The highest BCUT2D eigenvalue weighted by molar-refractivity contribution is 6.14.